The number of rotatable bonds is 8. The summed E-state index contributed by atoms with van der Waals surface area (Å²) in [7, 11) is -3.09. The van der Waals surface area contributed by atoms with Gasteiger partial charge in [0.2, 0.25) is 10.0 Å². The summed E-state index contributed by atoms with van der Waals surface area (Å²) in [5.74, 6) is 1.40. The maximum absolute atomic E-state index is 12.2. The molecule has 1 atom stereocenters. The van der Waals surface area contributed by atoms with E-state index in [-0.39, 0.29) is 35.8 Å². The summed E-state index contributed by atoms with van der Waals surface area (Å²) in [5.41, 5.74) is 2.56. The zero-order valence-corrected chi connectivity index (χ0v) is 21.3. The molecule has 1 aromatic carbocycles. The van der Waals surface area contributed by atoms with Crippen molar-refractivity contribution in [1.82, 2.24) is 14.9 Å². The van der Waals surface area contributed by atoms with Crippen LogP contribution in [0.1, 0.15) is 57.1 Å². The van der Waals surface area contributed by atoms with Crippen LogP contribution in [-0.4, -0.2) is 56.7 Å². The first kappa shape index (κ1) is 26.2. The van der Waals surface area contributed by atoms with E-state index < -0.39 is 10.0 Å². The fraction of sp³-hybridized carbons (Fsp3) is 0.667. The van der Waals surface area contributed by atoms with Gasteiger partial charge in [-0.25, -0.2) is 12.7 Å². The number of guanidine groups is 1. The summed E-state index contributed by atoms with van der Waals surface area (Å²) in [6.07, 6.45) is 2.28. The molecule has 6 nitrogen and oxygen atoms in total. The molecular weight excluding hydrogens is 499 g/mol. The van der Waals surface area contributed by atoms with E-state index >= 15 is 0 Å². The number of aliphatic imine (C=N–C) groups is 1. The van der Waals surface area contributed by atoms with Crippen LogP contribution in [0.2, 0.25) is 0 Å². The lowest BCUT2D eigenvalue weighted by molar-refractivity contribution is 0.306. The summed E-state index contributed by atoms with van der Waals surface area (Å²) in [6.45, 7) is 10.9. The average Bonchev–Trinajstić information content (AvgIpc) is 2.67. The van der Waals surface area contributed by atoms with Gasteiger partial charge in [0.1, 0.15) is 0 Å². The highest BCUT2D eigenvalue weighted by Gasteiger charge is 2.27. The maximum atomic E-state index is 12.2. The highest BCUT2D eigenvalue weighted by Crippen LogP contribution is 2.17. The van der Waals surface area contributed by atoms with Gasteiger partial charge >= 0.3 is 0 Å². The Kier molecular flexibility index (Phi) is 11.5. The molecule has 0 aromatic heterocycles. The summed E-state index contributed by atoms with van der Waals surface area (Å²) in [4.78, 5) is 4.77. The fourth-order valence-corrected chi connectivity index (χ4v) is 4.95. The van der Waals surface area contributed by atoms with Gasteiger partial charge in [-0.3, -0.25) is 4.99 Å². The van der Waals surface area contributed by atoms with Gasteiger partial charge in [-0.15, -0.1) is 24.0 Å². The van der Waals surface area contributed by atoms with Gasteiger partial charge in [-0.05, 0) is 38.7 Å². The van der Waals surface area contributed by atoms with E-state index in [4.69, 9.17) is 4.99 Å². The molecule has 1 fully saturated rings. The summed E-state index contributed by atoms with van der Waals surface area (Å²) in [5, 5.41) is 6.81. The lowest BCUT2D eigenvalue weighted by atomic mass is 10.0. The van der Waals surface area contributed by atoms with Crippen molar-refractivity contribution in [3.05, 3.63) is 35.4 Å². The number of halogens is 1. The molecule has 1 aromatic rings. The van der Waals surface area contributed by atoms with Gasteiger partial charge < -0.3 is 10.6 Å². The van der Waals surface area contributed by atoms with Crippen LogP contribution in [0, 0.1) is 6.92 Å². The average molecular weight is 537 g/mol. The molecule has 0 bridgehead atoms. The highest BCUT2D eigenvalue weighted by molar-refractivity contribution is 14.0. The Hall–Kier alpha value is -0.870. The Morgan fingerprint density at radius 2 is 1.83 bits per heavy atom. The normalized spacial score (nSPS) is 17.4. The number of hydrogen-bond acceptors (Lipinski definition) is 3. The molecule has 29 heavy (non-hydrogen) atoms. The van der Waals surface area contributed by atoms with Gasteiger partial charge in [-0.1, -0.05) is 43.7 Å². The molecule has 1 aliphatic heterocycles. The molecule has 1 unspecified atom stereocenters. The standard InChI is InChI=1S/C21H36N4O2S.HI/c1-5-15-28(26,27)25-13-11-20(12-14-25)24-21(22-6-2)23-16-18(4)19-9-7-17(3)8-10-19;/h7-10,18,20H,5-6,11-16H2,1-4H3,(H2,22,23,24);1H. The van der Waals surface area contributed by atoms with Gasteiger partial charge in [0.05, 0.1) is 5.75 Å². The number of nitrogens with zero attached hydrogens (tertiary/aromatic N) is 2. The Bertz CT molecular complexity index is 730. The summed E-state index contributed by atoms with van der Waals surface area (Å²) >= 11 is 0. The van der Waals surface area contributed by atoms with Gasteiger partial charge in [0, 0.05) is 38.1 Å². The first-order valence-corrected chi connectivity index (χ1v) is 12.1. The highest BCUT2D eigenvalue weighted by atomic mass is 127. The van der Waals surface area contributed by atoms with Gasteiger partial charge in [-0.2, -0.15) is 0 Å². The smallest absolute Gasteiger partial charge is 0.214 e. The Morgan fingerprint density at radius 1 is 1.21 bits per heavy atom. The second-order valence-corrected chi connectivity index (χ2v) is 9.75. The largest absolute Gasteiger partial charge is 0.357 e. The molecule has 8 heteroatoms. The lowest BCUT2D eigenvalue weighted by Crippen LogP contribution is -2.50. The molecule has 2 N–H and O–H groups in total. The van der Waals surface area contributed by atoms with Crippen molar-refractivity contribution in [1.29, 1.82) is 0 Å². The van der Waals surface area contributed by atoms with Crippen molar-refractivity contribution in [2.45, 2.75) is 58.9 Å². The fourth-order valence-electron chi connectivity index (χ4n) is 3.41. The third-order valence-corrected chi connectivity index (χ3v) is 7.24. The van der Waals surface area contributed by atoms with Crippen LogP contribution in [0.4, 0.5) is 0 Å². The van der Waals surface area contributed by atoms with Crippen LogP contribution >= 0.6 is 24.0 Å². The molecular formula is C21H37IN4O2S. The van der Waals surface area contributed by atoms with E-state index in [2.05, 4.69) is 55.7 Å². The van der Waals surface area contributed by atoms with Crippen LogP contribution in [0.3, 0.4) is 0 Å². The minimum Gasteiger partial charge on any atom is -0.357 e. The molecule has 1 saturated heterocycles. The van der Waals surface area contributed by atoms with Gasteiger partial charge in [0.25, 0.3) is 0 Å². The zero-order valence-electron chi connectivity index (χ0n) is 18.1. The first-order chi connectivity index (χ1) is 13.4. The second kappa shape index (κ2) is 12.7. The summed E-state index contributed by atoms with van der Waals surface area (Å²) < 4.78 is 26.1. The Morgan fingerprint density at radius 3 is 2.38 bits per heavy atom. The monoisotopic (exact) mass is 536 g/mol. The third-order valence-electron chi connectivity index (χ3n) is 5.16. The molecule has 2 rings (SSSR count). The molecule has 0 amide bonds. The van der Waals surface area contributed by atoms with Crippen LogP contribution < -0.4 is 10.6 Å². The van der Waals surface area contributed by atoms with Crippen molar-refractivity contribution in [2.24, 2.45) is 4.99 Å². The van der Waals surface area contributed by atoms with E-state index in [9.17, 15) is 8.42 Å². The molecule has 1 heterocycles. The SMILES string of the molecule is CCCS(=O)(=O)N1CCC(NC(=NCC(C)c2ccc(C)cc2)NCC)CC1.I. The van der Waals surface area contributed by atoms with E-state index in [0.29, 0.717) is 32.0 Å². The number of piperidine rings is 1. The van der Waals surface area contributed by atoms with Crippen LogP contribution in [0.5, 0.6) is 0 Å². The predicted molar refractivity (Wildman–Crippen MR) is 133 cm³/mol. The zero-order chi connectivity index (χ0) is 20.6. The molecule has 0 aliphatic carbocycles. The van der Waals surface area contributed by atoms with E-state index in [0.717, 1.165) is 25.3 Å². The second-order valence-electron chi connectivity index (χ2n) is 7.67. The molecule has 1 aliphatic rings. The predicted octanol–water partition coefficient (Wildman–Crippen LogP) is 3.48. The number of sulfonamides is 1. The molecule has 0 radical (unpaired) electrons. The van der Waals surface area contributed by atoms with E-state index in [1.807, 2.05) is 6.92 Å². The Balaban J connectivity index is 0.00000420. The van der Waals surface area contributed by atoms with Crippen LogP contribution in [0.15, 0.2) is 29.3 Å². The van der Waals surface area contributed by atoms with Crippen molar-refractivity contribution < 1.29 is 8.42 Å². The van der Waals surface area contributed by atoms with E-state index in [1.165, 1.54) is 11.1 Å². The number of aryl methyl sites for hydroxylation is 1. The summed E-state index contributed by atoms with van der Waals surface area (Å²) in [6, 6.07) is 8.87. The van der Waals surface area contributed by atoms with Crippen molar-refractivity contribution in [3.63, 3.8) is 0 Å². The number of nitrogens with one attached hydrogen (secondary N) is 2. The minimum absolute atomic E-state index is 0. The van der Waals surface area contributed by atoms with Gasteiger partial charge in [0.15, 0.2) is 5.96 Å². The quantitative estimate of drug-likeness (QED) is 0.303. The molecule has 0 spiro atoms. The van der Waals surface area contributed by atoms with E-state index in [1.54, 1.807) is 4.31 Å². The number of hydrogen-bond donors (Lipinski definition) is 2. The maximum Gasteiger partial charge on any atom is 0.214 e. The molecule has 166 valence electrons. The minimum atomic E-state index is -3.09. The third kappa shape index (κ3) is 8.41. The van der Waals surface area contributed by atoms with Crippen LogP contribution in [-0.2, 0) is 10.0 Å². The van der Waals surface area contributed by atoms with Crippen LogP contribution in [0.25, 0.3) is 0 Å². The van der Waals surface area contributed by atoms with Crippen molar-refractivity contribution in [2.75, 3.05) is 31.9 Å². The van der Waals surface area contributed by atoms with Crippen molar-refractivity contribution in [3.8, 4) is 0 Å². The Labute approximate surface area is 194 Å². The van der Waals surface area contributed by atoms with Crippen molar-refractivity contribution >= 4 is 40.0 Å². The lowest BCUT2D eigenvalue weighted by Gasteiger charge is -2.32. The molecule has 0 saturated carbocycles. The number of benzene rings is 1. The first-order valence-electron chi connectivity index (χ1n) is 10.4. The topological polar surface area (TPSA) is 73.8 Å².